The van der Waals surface area contributed by atoms with Crippen molar-refractivity contribution in [2.75, 3.05) is 12.4 Å². The van der Waals surface area contributed by atoms with Crippen molar-refractivity contribution in [2.24, 2.45) is 5.73 Å². The lowest BCUT2D eigenvalue weighted by molar-refractivity contribution is 0.177. The van der Waals surface area contributed by atoms with Crippen molar-refractivity contribution in [1.29, 1.82) is 0 Å². The Hall–Kier alpha value is -1.74. The minimum Gasteiger partial charge on any atom is -0.377 e. The number of fused-ring (bicyclic) bond motifs is 1. The van der Waals surface area contributed by atoms with Gasteiger partial charge in [0.15, 0.2) is 10.8 Å². The normalized spacial score (nSPS) is 19.2. The summed E-state index contributed by atoms with van der Waals surface area (Å²) >= 11 is 1.69. The molecule has 0 radical (unpaired) electrons. The molecular formula is C17H23ClN6OS. The molecule has 7 nitrogen and oxygen atoms in total. The third-order valence-corrected chi connectivity index (χ3v) is 5.34. The number of methoxy groups -OCH3 is 1. The van der Waals surface area contributed by atoms with Gasteiger partial charge in [0.05, 0.1) is 12.2 Å². The van der Waals surface area contributed by atoms with Gasteiger partial charge in [-0.25, -0.2) is 15.0 Å². The maximum Gasteiger partial charge on any atom is 0.194 e. The molecule has 3 aromatic rings. The molecule has 0 unspecified atom stereocenters. The summed E-state index contributed by atoms with van der Waals surface area (Å²) in [6.07, 6.45) is 6.11. The number of rotatable bonds is 6. The van der Waals surface area contributed by atoms with Crippen molar-refractivity contribution in [3.05, 3.63) is 40.5 Å². The number of anilines is 1. The lowest BCUT2D eigenvalue weighted by Crippen LogP contribution is -2.35. The minimum atomic E-state index is 0. The summed E-state index contributed by atoms with van der Waals surface area (Å²) in [5.74, 6) is 1.93. The highest BCUT2D eigenvalue weighted by Crippen LogP contribution is 2.35. The molecule has 9 heteroatoms. The van der Waals surface area contributed by atoms with Crippen molar-refractivity contribution < 1.29 is 4.74 Å². The van der Waals surface area contributed by atoms with Gasteiger partial charge < -0.3 is 15.8 Å². The van der Waals surface area contributed by atoms with Gasteiger partial charge in [-0.05, 0) is 19.8 Å². The molecule has 1 saturated carbocycles. The third kappa shape index (κ3) is 3.98. The highest BCUT2D eigenvalue weighted by molar-refractivity contribution is 7.16. The molecule has 3 aromatic heterocycles. The van der Waals surface area contributed by atoms with Crippen molar-refractivity contribution in [3.8, 4) is 0 Å². The summed E-state index contributed by atoms with van der Waals surface area (Å²) in [5.41, 5.74) is 7.96. The Morgan fingerprint density at radius 1 is 1.31 bits per heavy atom. The second kappa shape index (κ2) is 7.87. The SMILES string of the molecule is COCc1nc(NCc2cn3cc(C)sc3n2)cc(C2CC(N)C2)n1.Cl. The van der Waals surface area contributed by atoms with E-state index in [1.54, 1.807) is 18.4 Å². The van der Waals surface area contributed by atoms with Gasteiger partial charge in [0.25, 0.3) is 0 Å². The zero-order valence-electron chi connectivity index (χ0n) is 14.8. The maximum absolute atomic E-state index is 5.92. The molecule has 0 atom stereocenters. The molecule has 0 spiro atoms. The van der Waals surface area contributed by atoms with Crippen molar-refractivity contribution >= 4 is 34.5 Å². The van der Waals surface area contributed by atoms with E-state index in [1.165, 1.54) is 4.88 Å². The summed E-state index contributed by atoms with van der Waals surface area (Å²) in [5, 5.41) is 3.37. The summed E-state index contributed by atoms with van der Waals surface area (Å²) in [4.78, 5) is 16.1. The summed E-state index contributed by atoms with van der Waals surface area (Å²) in [6, 6.07) is 2.32. The lowest BCUT2D eigenvalue weighted by atomic mass is 9.78. The van der Waals surface area contributed by atoms with Crippen LogP contribution in [0.2, 0.25) is 0 Å². The number of hydrogen-bond donors (Lipinski definition) is 2. The van der Waals surface area contributed by atoms with Crippen LogP contribution in [-0.4, -0.2) is 32.5 Å². The smallest absolute Gasteiger partial charge is 0.194 e. The quantitative estimate of drug-likeness (QED) is 0.668. The highest BCUT2D eigenvalue weighted by atomic mass is 35.5. The standard InChI is InChI=1S/C17H22N6OS.ClH/c1-10-7-23-8-13(20-17(23)25-10)6-19-15-5-14(11-3-12(18)4-11)21-16(22-15)9-24-2;/h5,7-8,11-12H,3-4,6,9,18H2,1-2H3,(H,19,21,22);1H. The van der Waals surface area contributed by atoms with E-state index in [4.69, 9.17) is 10.5 Å². The number of thiazole rings is 1. The topological polar surface area (TPSA) is 90.4 Å². The van der Waals surface area contributed by atoms with Crippen LogP contribution < -0.4 is 11.1 Å². The molecule has 140 valence electrons. The van der Waals surface area contributed by atoms with Crippen LogP contribution in [0.4, 0.5) is 5.82 Å². The van der Waals surface area contributed by atoms with Gasteiger partial charge in [0.2, 0.25) is 0 Å². The predicted octanol–water partition coefficient (Wildman–Crippen LogP) is 2.88. The fourth-order valence-corrected chi connectivity index (χ4v) is 3.97. The van der Waals surface area contributed by atoms with Crippen LogP contribution in [-0.2, 0) is 17.9 Å². The molecule has 4 rings (SSSR count). The number of ether oxygens (including phenoxy) is 1. The number of nitrogens with zero attached hydrogens (tertiary/aromatic N) is 4. The average molecular weight is 395 g/mol. The maximum atomic E-state index is 5.92. The van der Waals surface area contributed by atoms with Crippen molar-refractivity contribution in [2.45, 2.75) is 44.9 Å². The number of aromatic nitrogens is 4. The number of imidazole rings is 1. The fraction of sp³-hybridized carbons (Fsp3) is 0.471. The third-order valence-electron chi connectivity index (χ3n) is 4.43. The zero-order chi connectivity index (χ0) is 17.4. The molecule has 3 N–H and O–H groups in total. The molecular weight excluding hydrogens is 372 g/mol. The Labute approximate surface area is 162 Å². The number of nitrogens with one attached hydrogen (secondary N) is 1. The zero-order valence-corrected chi connectivity index (χ0v) is 16.4. The molecule has 0 saturated heterocycles. The van der Waals surface area contributed by atoms with E-state index in [9.17, 15) is 0 Å². The number of nitrogens with two attached hydrogens (primary N) is 1. The minimum absolute atomic E-state index is 0. The number of hydrogen-bond acceptors (Lipinski definition) is 7. The van der Waals surface area contributed by atoms with Crippen LogP contribution >= 0.6 is 23.7 Å². The largest absolute Gasteiger partial charge is 0.377 e. The van der Waals surface area contributed by atoms with E-state index >= 15 is 0 Å². The first-order chi connectivity index (χ1) is 12.1. The predicted molar refractivity (Wildman–Crippen MR) is 105 cm³/mol. The molecule has 0 amide bonds. The van der Waals surface area contributed by atoms with Crippen LogP contribution in [0.3, 0.4) is 0 Å². The van der Waals surface area contributed by atoms with Crippen LogP contribution in [0.1, 0.15) is 40.8 Å². The van der Waals surface area contributed by atoms with E-state index in [0.717, 1.165) is 35.0 Å². The van der Waals surface area contributed by atoms with E-state index < -0.39 is 0 Å². The van der Waals surface area contributed by atoms with E-state index in [0.29, 0.717) is 30.9 Å². The summed E-state index contributed by atoms with van der Waals surface area (Å²) < 4.78 is 7.27. The Kier molecular flexibility index (Phi) is 5.76. The molecule has 3 heterocycles. The van der Waals surface area contributed by atoms with Crippen LogP contribution in [0.25, 0.3) is 4.96 Å². The van der Waals surface area contributed by atoms with E-state index in [1.807, 2.05) is 6.07 Å². The van der Waals surface area contributed by atoms with Gasteiger partial charge in [-0.2, -0.15) is 0 Å². The Balaban J connectivity index is 0.00000196. The van der Waals surface area contributed by atoms with E-state index in [2.05, 4.69) is 44.0 Å². The van der Waals surface area contributed by atoms with Crippen molar-refractivity contribution in [1.82, 2.24) is 19.4 Å². The van der Waals surface area contributed by atoms with Gasteiger partial charge in [-0.15, -0.1) is 23.7 Å². The monoisotopic (exact) mass is 394 g/mol. The lowest BCUT2D eigenvalue weighted by Gasteiger charge is -2.32. The second-order valence-corrected chi connectivity index (χ2v) is 7.79. The molecule has 0 aliphatic heterocycles. The van der Waals surface area contributed by atoms with Crippen molar-refractivity contribution in [3.63, 3.8) is 0 Å². The molecule has 1 aliphatic rings. The molecule has 1 fully saturated rings. The Bertz CT molecular complexity index is 857. The molecule has 0 bridgehead atoms. The second-order valence-electron chi connectivity index (χ2n) is 6.57. The first-order valence-corrected chi connectivity index (χ1v) is 9.22. The average Bonchev–Trinajstić information content (AvgIpc) is 3.07. The van der Waals surface area contributed by atoms with E-state index in [-0.39, 0.29) is 12.4 Å². The Morgan fingerprint density at radius 2 is 2.12 bits per heavy atom. The number of aryl methyl sites for hydroxylation is 1. The van der Waals surface area contributed by atoms with Gasteiger partial charge >= 0.3 is 0 Å². The van der Waals surface area contributed by atoms with Crippen LogP contribution in [0.5, 0.6) is 0 Å². The van der Waals surface area contributed by atoms with Gasteiger partial charge in [0.1, 0.15) is 12.4 Å². The fourth-order valence-electron chi connectivity index (χ4n) is 3.14. The first-order valence-electron chi connectivity index (χ1n) is 8.41. The van der Waals surface area contributed by atoms with Gasteiger partial charge in [0, 0.05) is 48.1 Å². The van der Waals surface area contributed by atoms with Gasteiger partial charge in [-0.1, -0.05) is 0 Å². The number of halogens is 1. The highest BCUT2D eigenvalue weighted by Gasteiger charge is 2.29. The van der Waals surface area contributed by atoms with Crippen LogP contribution in [0, 0.1) is 6.92 Å². The first kappa shape index (κ1) is 19.0. The summed E-state index contributed by atoms with van der Waals surface area (Å²) in [7, 11) is 1.65. The molecule has 0 aromatic carbocycles. The molecule has 26 heavy (non-hydrogen) atoms. The Morgan fingerprint density at radius 3 is 2.81 bits per heavy atom. The summed E-state index contributed by atoms with van der Waals surface area (Å²) in [6.45, 7) is 3.12. The van der Waals surface area contributed by atoms with Crippen LogP contribution in [0.15, 0.2) is 18.5 Å². The molecule has 1 aliphatic carbocycles. The van der Waals surface area contributed by atoms with Gasteiger partial charge in [-0.3, -0.25) is 4.40 Å².